The van der Waals surface area contributed by atoms with Crippen molar-refractivity contribution < 1.29 is 23.1 Å². The summed E-state index contributed by atoms with van der Waals surface area (Å²) in [5.41, 5.74) is 1.11. The molecule has 8 heteroatoms. The van der Waals surface area contributed by atoms with E-state index in [1.165, 1.54) is 24.3 Å². The quantitative estimate of drug-likeness (QED) is 0.497. The zero-order valence-corrected chi connectivity index (χ0v) is 16.4. The number of aromatic nitrogens is 1. The molecule has 1 aromatic heterocycles. The number of carboxylic acid groups (broad SMARTS) is 1. The van der Waals surface area contributed by atoms with Gasteiger partial charge in [-0.15, -0.1) is 0 Å². The molecule has 4 aromatic rings. The molecule has 1 N–H and O–H groups in total. The summed E-state index contributed by atoms with van der Waals surface area (Å²) in [7, 11) is -4.40. The van der Waals surface area contributed by atoms with E-state index in [0.717, 1.165) is 0 Å². The van der Waals surface area contributed by atoms with Crippen molar-refractivity contribution in [2.45, 2.75) is 4.90 Å². The molecule has 3 aromatic carbocycles. The number of sulfonamides is 1. The van der Waals surface area contributed by atoms with Gasteiger partial charge in [-0.2, -0.15) is 0 Å². The minimum Gasteiger partial charge on any atom is -0.480 e. The molecule has 0 bridgehead atoms. The summed E-state index contributed by atoms with van der Waals surface area (Å²) in [4.78, 5) is 29.4. The molecular weight excluding hydrogens is 404 g/mol. The molecule has 0 radical (unpaired) electrons. The highest BCUT2D eigenvalue weighted by molar-refractivity contribution is 7.89. The first-order valence-electron chi connectivity index (χ1n) is 9.01. The van der Waals surface area contributed by atoms with Gasteiger partial charge in [0.25, 0.3) is 15.9 Å². The highest BCUT2D eigenvalue weighted by Gasteiger charge is 2.33. The van der Waals surface area contributed by atoms with Gasteiger partial charge in [-0.25, -0.2) is 17.7 Å². The number of benzene rings is 3. The van der Waals surface area contributed by atoms with E-state index in [4.69, 9.17) is 0 Å². The number of fused-ring (bicyclic) bond motifs is 2. The van der Waals surface area contributed by atoms with Crippen LogP contribution in [0.1, 0.15) is 10.4 Å². The maximum atomic E-state index is 13.6. The van der Waals surface area contributed by atoms with Crippen LogP contribution in [0.2, 0.25) is 0 Å². The Hall–Kier alpha value is -3.78. The maximum absolute atomic E-state index is 13.6. The van der Waals surface area contributed by atoms with Gasteiger partial charge in [0.2, 0.25) is 0 Å². The van der Waals surface area contributed by atoms with Crippen molar-refractivity contribution in [1.29, 1.82) is 0 Å². The third-order valence-electron chi connectivity index (χ3n) is 4.64. The number of nitrogens with zero attached hydrogens (tertiary/aromatic N) is 2. The highest BCUT2D eigenvalue weighted by Crippen LogP contribution is 2.29. The van der Waals surface area contributed by atoms with Crippen LogP contribution in [-0.4, -0.2) is 41.2 Å². The average Bonchev–Trinajstić information content (AvgIpc) is 2.75. The minimum absolute atomic E-state index is 0.0944. The molecule has 0 saturated heterocycles. The lowest BCUT2D eigenvalue weighted by Crippen LogP contribution is -2.40. The predicted molar refractivity (Wildman–Crippen MR) is 112 cm³/mol. The van der Waals surface area contributed by atoms with Crippen molar-refractivity contribution >= 4 is 43.7 Å². The molecule has 1 heterocycles. The predicted octanol–water partition coefficient (Wildman–Crippen LogP) is 3.30. The van der Waals surface area contributed by atoms with Gasteiger partial charge in [0.1, 0.15) is 6.54 Å². The number of carboxylic acids is 1. The maximum Gasteiger partial charge on any atom is 0.324 e. The van der Waals surface area contributed by atoms with Crippen LogP contribution in [0, 0.1) is 0 Å². The Bertz CT molecular complexity index is 1330. The van der Waals surface area contributed by atoms with Crippen LogP contribution < -0.4 is 0 Å². The third-order valence-corrected chi connectivity index (χ3v) is 6.38. The van der Waals surface area contributed by atoms with E-state index in [1.54, 1.807) is 54.6 Å². The molecule has 30 heavy (non-hydrogen) atoms. The van der Waals surface area contributed by atoms with Crippen molar-refractivity contribution in [2.24, 2.45) is 0 Å². The van der Waals surface area contributed by atoms with Crippen molar-refractivity contribution in [1.82, 2.24) is 9.29 Å². The second kappa shape index (κ2) is 7.57. The number of carbonyl (C=O) groups excluding carboxylic acids is 1. The molecule has 0 unspecified atom stereocenters. The van der Waals surface area contributed by atoms with E-state index in [9.17, 15) is 23.1 Å². The molecule has 0 saturated carbocycles. The first-order chi connectivity index (χ1) is 14.4. The molecular formula is C22H16N2O5S. The number of aliphatic carboxylic acids is 1. The summed E-state index contributed by atoms with van der Waals surface area (Å²) < 4.78 is 26.8. The topological polar surface area (TPSA) is 105 Å². The Balaban J connectivity index is 1.99. The van der Waals surface area contributed by atoms with E-state index in [1.807, 2.05) is 0 Å². The summed E-state index contributed by atoms with van der Waals surface area (Å²) in [5.74, 6) is -2.36. The Morgan fingerprint density at radius 1 is 0.800 bits per heavy atom. The number of amides is 1. The van der Waals surface area contributed by atoms with Gasteiger partial charge in [-0.1, -0.05) is 54.6 Å². The van der Waals surface area contributed by atoms with E-state index in [2.05, 4.69) is 4.98 Å². The van der Waals surface area contributed by atoms with Gasteiger partial charge < -0.3 is 5.11 Å². The van der Waals surface area contributed by atoms with Gasteiger partial charge >= 0.3 is 5.97 Å². The normalized spacial score (nSPS) is 11.5. The standard InChI is InChI=1S/C22H16N2O5S/c25-20(26)14-24(30(28,29)15-8-2-1-3-9-15)22(27)21-16-10-4-6-12-18(16)23-19-13-7-5-11-17(19)21/h1-13H,14H2,(H,25,26). The summed E-state index contributed by atoms with van der Waals surface area (Å²) >= 11 is 0. The molecule has 0 aliphatic carbocycles. The fourth-order valence-electron chi connectivity index (χ4n) is 3.30. The Labute approximate surface area is 172 Å². The molecule has 0 spiro atoms. The molecule has 0 aliphatic heterocycles. The van der Waals surface area contributed by atoms with E-state index < -0.39 is 28.4 Å². The third kappa shape index (κ3) is 3.37. The summed E-state index contributed by atoms with van der Waals surface area (Å²) in [6.07, 6.45) is 0. The Kier molecular flexibility index (Phi) is 4.93. The molecule has 150 valence electrons. The van der Waals surface area contributed by atoms with E-state index in [0.29, 0.717) is 26.1 Å². The molecule has 4 rings (SSSR count). The van der Waals surface area contributed by atoms with Crippen molar-refractivity contribution in [2.75, 3.05) is 6.54 Å². The zero-order chi connectivity index (χ0) is 21.3. The largest absolute Gasteiger partial charge is 0.480 e. The van der Waals surface area contributed by atoms with Crippen molar-refractivity contribution in [3.05, 3.63) is 84.4 Å². The molecule has 0 atom stereocenters. The second-order valence-electron chi connectivity index (χ2n) is 6.54. The highest BCUT2D eigenvalue weighted by atomic mass is 32.2. The summed E-state index contributed by atoms with van der Waals surface area (Å²) in [6.45, 7) is -0.999. The minimum atomic E-state index is -4.40. The van der Waals surface area contributed by atoms with E-state index in [-0.39, 0.29) is 10.5 Å². The van der Waals surface area contributed by atoms with Gasteiger partial charge in [-0.3, -0.25) is 9.59 Å². The first kappa shape index (κ1) is 19.5. The summed E-state index contributed by atoms with van der Waals surface area (Å²) in [5, 5.41) is 10.2. The van der Waals surface area contributed by atoms with Crippen LogP contribution in [0.25, 0.3) is 21.8 Å². The monoisotopic (exact) mass is 420 g/mol. The molecule has 0 fully saturated rings. The number of hydrogen-bond acceptors (Lipinski definition) is 5. The lowest BCUT2D eigenvalue weighted by atomic mass is 10.0. The van der Waals surface area contributed by atoms with Crippen LogP contribution in [-0.2, 0) is 14.8 Å². The van der Waals surface area contributed by atoms with Gasteiger partial charge in [0.05, 0.1) is 21.5 Å². The summed E-state index contributed by atoms with van der Waals surface area (Å²) in [6, 6.07) is 21.0. The smallest absolute Gasteiger partial charge is 0.324 e. The van der Waals surface area contributed by atoms with Crippen LogP contribution in [0.3, 0.4) is 0 Å². The second-order valence-corrected chi connectivity index (χ2v) is 8.41. The van der Waals surface area contributed by atoms with Gasteiger partial charge in [-0.05, 0) is 24.3 Å². The number of rotatable bonds is 5. The van der Waals surface area contributed by atoms with E-state index >= 15 is 0 Å². The van der Waals surface area contributed by atoms with Gasteiger partial charge in [0.15, 0.2) is 0 Å². The molecule has 7 nitrogen and oxygen atoms in total. The van der Waals surface area contributed by atoms with Crippen LogP contribution >= 0.6 is 0 Å². The number of pyridine rings is 1. The number of carbonyl (C=O) groups is 2. The van der Waals surface area contributed by atoms with Gasteiger partial charge in [0, 0.05) is 10.8 Å². The first-order valence-corrected chi connectivity index (χ1v) is 10.4. The Morgan fingerprint density at radius 3 is 1.83 bits per heavy atom. The zero-order valence-electron chi connectivity index (χ0n) is 15.6. The lowest BCUT2D eigenvalue weighted by Gasteiger charge is -2.22. The number of para-hydroxylation sites is 2. The van der Waals surface area contributed by atoms with Crippen molar-refractivity contribution in [3.8, 4) is 0 Å². The molecule has 1 amide bonds. The average molecular weight is 420 g/mol. The van der Waals surface area contributed by atoms with Crippen LogP contribution in [0.5, 0.6) is 0 Å². The SMILES string of the molecule is O=C(O)CN(C(=O)c1c2ccccc2nc2ccccc12)S(=O)(=O)c1ccccc1. The Morgan fingerprint density at radius 2 is 1.30 bits per heavy atom. The number of hydrogen-bond donors (Lipinski definition) is 1. The fourth-order valence-corrected chi connectivity index (χ4v) is 4.65. The lowest BCUT2D eigenvalue weighted by molar-refractivity contribution is -0.136. The van der Waals surface area contributed by atoms with Crippen molar-refractivity contribution in [3.63, 3.8) is 0 Å². The molecule has 0 aliphatic rings. The van der Waals surface area contributed by atoms with Crippen LogP contribution in [0.15, 0.2) is 83.8 Å². The fraction of sp³-hybridized carbons (Fsp3) is 0.0455. The van der Waals surface area contributed by atoms with Crippen LogP contribution in [0.4, 0.5) is 0 Å².